The number of rotatable bonds is 4. The Bertz CT molecular complexity index is 1610. The third-order valence-corrected chi connectivity index (χ3v) is 5.32. The van der Waals surface area contributed by atoms with Crippen LogP contribution >= 0.6 is 0 Å². The number of nitrogens with zero attached hydrogens (tertiary/aromatic N) is 7. The molecule has 5 aromatic rings. The van der Waals surface area contributed by atoms with Crippen LogP contribution in [-0.2, 0) is 0 Å². The van der Waals surface area contributed by atoms with Gasteiger partial charge in [0.1, 0.15) is 17.2 Å². The topological polar surface area (TPSA) is 81.7 Å². The van der Waals surface area contributed by atoms with Gasteiger partial charge in [-0.05, 0) is 36.8 Å². The summed E-state index contributed by atoms with van der Waals surface area (Å²) in [6, 6.07) is 13.5. The lowest BCUT2D eigenvalue weighted by Gasteiger charge is -2.13. The van der Waals surface area contributed by atoms with Gasteiger partial charge in [0.2, 0.25) is 5.95 Å². The lowest BCUT2D eigenvalue weighted by molar-refractivity contribution is 0.584. The Hall–Kier alpha value is -4.47. The van der Waals surface area contributed by atoms with Gasteiger partial charge in [0.25, 0.3) is 5.56 Å². The van der Waals surface area contributed by atoms with E-state index in [9.17, 15) is 13.6 Å². The molecule has 5 rings (SSSR count). The van der Waals surface area contributed by atoms with Crippen LogP contribution in [0.3, 0.4) is 0 Å². The Morgan fingerprint density at radius 2 is 1.76 bits per heavy atom. The van der Waals surface area contributed by atoms with Crippen LogP contribution < -0.4 is 10.5 Å². The van der Waals surface area contributed by atoms with Gasteiger partial charge in [-0.1, -0.05) is 18.2 Å². The molecule has 3 aromatic heterocycles. The van der Waals surface area contributed by atoms with Gasteiger partial charge in [-0.25, -0.2) is 18.7 Å². The van der Waals surface area contributed by atoms with Crippen molar-refractivity contribution in [2.45, 2.75) is 6.92 Å². The van der Waals surface area contributed by atoms with Gasteiger partial charge in [-0.15, -0.1) is 5.10 Å². The average molecular weight is 459 g/mol. The highest BCUT2D eigenvalue weighted by Gasteiger charge is 2.21. The molecule has 8 nitrogen and oxygen atoms in total. The zero-order chi connectivity index (χ0) is 24.0. The Morgan fingerprint density at radius 3 is 2.50 bits per heavy atom. The van der Waals surface area contributed by atoms with E-state index in [1.165, 1.54) is 33.6 Å². The molecule has 0 saturated heterocycles. The van der Waals surface area contributed by atoms with E-state index in [0.717, 1.165) is 17.7 Å². The molecule has 34 heavy (non-hydrogen) atoms. The lowest BCUT2D eigenvalue weighted by Crippen LogP contribution is -2.22. The minimum atomic E-state index is -0.787. The van der Waals surface area contributed by atoms with Gasteiger partial charge < -0.3 is 4.90 Å². The summed E-state index contributed by atoms with van der Waals surface area (Å²) in [5.41, 5.74) is 1.94. The van der Waals surface area contributed by atoms with E-state index >= 15 is 0 Å². The van der Waals surface area contributed by atoms with Gasteiger partial charge in [0, 0.05) is 26.2 Å². The molecule has 0 aliphatic carbocycles. The molecular weight excluding hydrogens is 440 g/mol. The molecule has 0 aliphatic heterocycles. The number of aromatic nitrogens is 6. The average Bonchev–Trinajstić information content (AvgIpc) is 3.18. The number of para-hydroxylation sites is 1. The highest BCUT2D eigenvalue weighted by molar-refractivity contribution is 5.80. The monoisotopic (exact) mass is 459 g/mol. The first-order chi connectivity index (χ1) is 16.3. The van der Waals surface area contributed by atoms with Crippen molar-refractivity contribution in [2.75, 3.05) is 19.0 Å². The maximum absolute atomic E-state index is 14.8. The van der Waals surface area contributed by atoms with Crippen LogP contribution in [0, 0.1) is 18.6 Å². The van der Waals surface area contributed by atoms with Crippen LogP contribution in [0.5, 0.6) is 0 Å². The fourth-order valence-electron chi connectivity index (χ4n) is 3.64. The summed E-state index contributed by atoms with van der Waals surface area (Å²) >= 11 is 0. The third-order valence-electron chi connectivity index (χ3n) is 5.32. The summed E-state index contributed by atoms with van der Waals surface area (Å²) in [7, 11) is 3.58. The fraction of sp³-hybridized carbons (Fsp3) is 0.125. The second-order valence-electron chi connectivity index (χ2n) is 7.90. The highest BCUT2D eigenvalue weighted by Crippen LogP contribution is 2.29. The SMILES string of the molecule is Cc1ccccc1-n1nc(-n2c(-c3ccc(F)cc3F)nc3cnc(N(C)C)nc32)ccc1=O. The number of hydrogen-bond donors (Lipinski definition) is 0. The molecule has 2 aromatic carbocycles. The number of hydrogen-bond acceptors (Lipinski definition) is 6. The normalized spacial score (nSPS) is 11.2. The van der Waals surface area contributed by atoms with Crippen LogP contribution in [0.25, 0.3) is 34.1 Å². The van der Waals surface area contributed by atoms with E-state index in [1.807, 2.05) is 25.1 Å². The Kier molecular flexibility index (Phi) is 5.12. The second kappa shape index (κ2) is 8.14. The van der Waals surface area contributed by atoms with E-state index in [4.69, 9.17) is 0 Å². The fourth-order valence-corrected chi connectivity index (χ4v) is 3.64. The predicted molar refractivity (Wildman–Crippen MR) is 124 cm³/mol. The molecule has 0 atom stereocenters. The summed E-state index contributed by atoms with van der Waals surface area (Å²) in [5, 5.41) is 4.56. The van der Waals surface area contributed by atoms with Gasteiger partial charge in [-0.3, -0.25) is 9.36 Å². The van der Waals surface area contributed by atoms with Crippen molar-refractivity contribution in [3.05, 3.63) is 88.3 Å². The van der Waals surface area contributed by atoms with E-state index < -0.39 is 11.6 Å². The summed E-state index contributed by atoms with van der Waals surface area (Å²) in [6.45, 7) is 1.87. The Balaban J connectivity index is 1.83. The third kappa shape index (κ3) is 3.58. The number of halogens is 2. The molecule has 0 saturated carbocycles. The number of aryl methyl sites for hydroxylation is 1. The molecule has 3 heterocycles. The minimum absolute atomic E-state index is 0.0567. The summed E-state index contributed by atoms with van der Waals surface area (Å²) in [6.07, 6.45) is 1.52. The van der Waals surface area contributed by atoms with Gasteiger partial charge in [-0.2, -0.15) is 9.67 Å². The van der Waals surface area contributed by atoms with E-state index in [1.54, 1.807) is 25.1 Å². The van der Waals surface area contributed by atoms with Gasteiger partial charge >= 0.3 is 0 Å². The van der Waals surface area contributed by atoms with Crippen molar-refractivity contribution in [1.82, 2.24) is 29.3 Å². The number of anilines is 1. The maximum Gasteiger partial charge on any atom is 0.271 e. The predicted octanol–water partition coefficient (Wildman–Crippen LogP) is 3.68. The summed E-state index contributed by atoms with van der Waals surface area (Å²) < 4.78 is 31.2. The molecule has 0 spiro atoms. The van der Waals surface area contributed by atoms with E-state index in [-0.39, 0.29) is 22.8 Å². The van der Waals surface area contributed by atoms with Crippen LogP contribution in [0.2, 0.25) is 0 Å². The highest BCUT2D eigenvalue weighted by atomic mass is 19.1. The van der Waals surface area contributed by atoms with Gasteiger partial charge in [0.15, 0.2) is 17.3 Å². The van der Waals surface area contributed by atoms with E-state index in [2.05, 4.69) is 20.1 Å². The first-order valence-electron chi connectivity index (χ1n) is 10.4. The summed E-state index contributed by atoms with van der Waals surface area (Å²) in [4.78, 5) is 27.8. The smallest absolute Gasteiger partial charge is 0.271 e. The first kappa shape index (κ1) is 21.4. The molecular formula is C24H19F2N7O. The van der Waals surface area contributed by atoms with Crippen LogP contribution in [0.1, 0.15) is 5.56 Å². The lowest BCUT2D eigenvalue weighted by atomic mass is 10.2. The number of fused-ring (bicyclic) bond motifs is 1. The van der Waals surface area contributed by atoms with Crippen LogP contribution in [0.15, 0.2) is 65.6 Å². The van der Waals surface area contributed by atoms with Crippen molar-refractivity contribution < 1.29 is 8.78 Å². The zero-order valence-corrected chi connectivity index (χ0v) is 18.6. The standard InChI is InChI=1S/C24H19F2N7O/c1-14-6-4-5-7-19(14)33-21(34)11-10-20(30-33)32-22(16-9-8-15(25)12-17(16)26)28-18-13-27-24(31(2)3)29-23(18)32/h4-13H,1-3H3. The van der Waals surface area contributed by atoms with Crippen LogP contribution in [-0.4, -0.2) is 43.4 Å². The van der Waals surface area contributed by atoms with Crippen molar-refractivity contribution in [3.63, 3.8) is 0 Å². The molecule has 10 heteroatoms. The van der Waals surface area contributed by atoms with Gasteiger partial charge in [0.05, 0.1) is 17.4 Å². The first-order valence-corrected chi connectivity index (χ1v) is 10.4. The molecule has 0 aliphatic rings. The molecule has 0 unspecified atom stereocenters. The van der Waals surface area contributed by atoms with Crippen molar-refractivity contribution in [3.8, 4) is 22.9 Å². The minimum Gasteiger partial charge on any atom is -0.347 e. The molecule has 170 valence electrons. The number of benzene rings is 2. The number of imidazole rings is 1. The van der Waals surface area contributed by atoms with Crippen molar-refractivity contribution >= 4 is 17.1 Å². The van der Waals surface area contributed by atoms with E-state index in [0.29, 0.717) is 22.8 Å². The van der Waals surface area contributed by atoms with Crippen LogP contribution in [0.4, 0.5) is 14.7 Å². The molecule has 0 bridgehead atoms. The second-order valence-corrected chi connectivity index (χ2v) is 7.90. The maximum atomic E-state index is 14.8. The quantitative estimate of drug-likeness (QED) is 0.408. The Morgan fingerprint density at radius 1 is 0.971 bits per heavy atom. The molecule has 0 N–H and O–H groups in total. The molecule has 0 amide bonds. The molecule has 0 radical (unpaired) electrons. The van der Waals surface area contributed by atoms with Crippen molar-refractivity contribution in [1.29, 1.82) is 0 Å². The largest absolute Gasteiger partial charge is 0.347 e. The molecule has 0 fully saturated rings. The summed E-state index contributed by atoms with van der Waals surface area (Å²) in [5.74, 6) is -0.644. The Labute approximate surface area is 192 Å². The van der Waals surface area contributed by atoms with Crippen molar-refractivity contribution in [2.24, 2.45) is 0 Å². The zero-order valence-electron chi connectivity index (χ0n) is 18.6.